The van der Waals surface area contributed by atoms with E-state index in [2.05, 4.69) is 26.9 Å². The molecule has 1 aliphatic carbocycles. The minimum Gasteiger partial charge on any atom is -0.325 e. The molecule has 0 atom stereocenters. The Morgan fingerprint density at radius 2 is 1.80 bits per heavy atom. The lowest BCUT2D eigenvalue weighted by atomic mass is 10.1. The molecule has 0 saturated heterocycles. The minimum absolute atomic E-state index is 0.00234. The predicted octanol–water partition coefficient (Wildman–Crippen LogP) is 3.17. The number of hydrogen-bond acceptors (Lipinski definition) is 5. The Morgan fingerprint density at radius 1 is 1.08 bits per heavy atom. The normalized spacial score (nSPS) is 13.4. The van der Waals surface area contributed by atoms with E-state index in [-0.39, 0.29) is 23.5 Å². The number of carbonyl (C=O) groups excluding carboxylic acids is 2. The van der Waals surface area contributed by atoms with Crippen LogP contribution in [0.4, 0.5) is 11.5 Å². The van der Waals surface area contributed by atoms with E-state index in [0.29, 0.717) is 10.8 Å². The van der Waals surface area contributed by atoms with Gasteiger partial charge in [0.05, 0.1) is 5.75 Å². The fourth-order valence-corrected chi connectivity index (χ4v) is 3.03. The van der Waals surface area contributed by atoms with Crippen molar-refractivity contribution in [3.05, 3.63) is 41.5 Å². The summed E-state index contributed by atoms with van der Waals surface area (Å²) in [7, 11) is 0. The van der Waals surface area contributed by atoms with Gasteiger partial charge in [-0.05, 0) is 62.1 Å². The molecule has 1 saturated carbocycles. The van der Waals surface area contributed by atoms with Gasteiger partial charge in [0.25, 0.3) is 0 Å². The summed E-state index contributed by atoms with van der Waals surface area (Å²) in [6.45, 7) is 3.99. The summed E-state index contributed by atoms with van der Waals surface area (Å²) in [5.74, 6) is 0.728. The van der Waals surface area contributed by atoms with Gasteiger partial charge in [0.2, 0.25) is 11.8 Å². The summed E-state index contributed by atoms with van der Waals surface area (Å²) in [5.41, 5.74) is 3.02. The van der Waals surface area contributed by atoms with Gasteiger partial charge in [0.15, 0.2) is 5.82 Å². The largest absolute Gasteiger partial charge is 0.325 e. The Labute approximate surface area is 150 Å². The van der Waals surface area contributed by atoms with Crippen molar-refractivity contribution in [1.82, 2.24) is 10.2 Å². The van der Waals surface area contributed by atoms with Crippen LogP contribution in [0.1, 0.15) is 24.0 Å². The zero-order valence-electron chi connectivity index (χ0n) is 14.2. The van der Waals surface area contributed by atoms with Crippen LogP contribution in [-0.2, 0) is 9.59 Å². The van der Waals surface area contributed by atoms with Crippen LogP contribution >= 0.6 is 11.8 Å². The summed E-state index contributed by atoms with van der Waals surface area (Å²) >= 11 is 1.30. The number of nitrogens with one attached hydrogen (secondary N) is 2. The number of aromatic nitrogens is 2. The first-order chi connectivity index (χ1) is 12.0. The van der Waals surface area contributed by atoms with E-state index < -0.39 is 0 Å². The molecule has 2 amide bonds. The Kier molecular flexibility index (Phi) is 5.33. The summed E-state index contributed by atoms with van der Waals surface area (Å²) < 4.78 is 0. The average molecular weight is 356 g/mol. The van der Waals surface area contributed by atoms with E-state index in [1.165, 1.54) is 11.8 Å². The smallest absolute Gasteiger partial charge is 0.234 e. The third kappa shape index (κ3) is 5.29. The van der Waals surface area contributed by atoms with Crippen molar-refractivity contribution in [1.29, 1.82) is 0 Å². The van der Waals surface area contributed by atoms with Crippen molar-refractivity contribution in [2.75, 3.05) is 16.4 Å². The van der Waals surface area contributed by atoms with E-state index in [9.17, 15) is 9.59 Å². The molecule has 6 nitrogen and oxygen atoms in total. The van der Waals surface area contributed by atoms with Gasteiger partial charge in [0, 0.05) is 11.6 Å². The molecule has 0 spiro atoms. The maximum atomic E-state index is 12.1. The van der Waals surface area contributed by atoms with Gasteiger partial charge in [-0.3, -0.25) is 9.59 Å². The molecule has 25 heavy (non-hydrogen) atoms. The Morgan fingerprint density at radius 3 is 2.40 bits per heavy atom. The first-order valence-corrected chi connectivity index (χ1v) is 9.14. The van der Waals surface area contributed by atoms with Crippen LogP contribution in [-0.4, -0.2) is 27.8 Å². The number of rotatable bonds is 6. The van der Waals surface area contributed by atoms with Crippen LogP contribution in [0.25, 0.3) is 0 Å². The summed E-state index contributed by atoms with van der Waals surface area (Å²) in [6.07, 6.45) is 1.89. The molecule has 0 bridgehead atoms. The second-order valence-corrected chi connectivity index (χ2v) is 7.23. The molecule has 2 N–H and O–H groups in total. The van der Waals surface area contributed by atoms with Crippen LogP contribution in [0.15, 0.2) is 35.4 Å². The molecule has 1 heterocycles. The van der Waals surface area contributed by atoms with Crippen molar-refractivity contribution in [3.63, 3.8) is 0 Å². The van der Waals surface area contributed by atoms with E-state index >= 15 is 0 Å². The summed E-state index contributed by atoms with van der Waals surface area (Å²) in [6, 6.07) is 9.39. The quantitative estimate of drug-likeness (QED) is 0.777. The number of carbonyl (C=O) groups is 2. The van der Waals surface area contributed by atoms with Gasteiger partial charge in [-0.25, -0.2) is 0 Å². The van der Waals surface area contributed by atoms with Gasteiger partial charge in [-0.1, -0.05) is 17.8 Å². The lowest BCUT2D eigenvalue weighted by molar-refractivity contribution is -0.117. The highest BCUT2D eigenvalue weighted by Crippen LogP contribution is 2.30. The molecule has 0 unspecified atom stereocenters. The maximum Gasteiger partial charge on any atom is 0.234 e. The van der Waals surface area contributed by atoms with E-state index in [1.54, 1.807) is 12.1 Å². The lowest BCUT2D eigenvalue weighted by Gasteiger charge is -2.07. The third-order valence-electron chi connectivity index (χ3n) is 3.70. The summed E-state index contributed by atoms with van der Waals surface area (Å²) in [4.78, 5) is 23.7. The molecule has 1 aromatic heterocycles. The molecule has 1 fully saturated rings. The highest BCUT2D eigenvalue weighted by Gasteiger charge is 2.29. The van der Waals surface area contributed by atoms with Crippen LogP contribution in [0.5, 0.6) is 0 Å². The van der Waals surface area contributed by atoms with Crippen molar-refractivity contribution >= 4 is 35.1 Å². The number of aryl methyl sites for hydroxylation is 2. The van der Waals surface area contributed by atoms with Crippen LogP contribution < -0.4 is 10.6 Å². The number of hydrogen-bond donors (Lipinski definition) is 2. The van der Waals surface area contributed by atoms with Crippen molar-refractivity contribution in [3.8, 4) is 0 Å². The second-order valence-electron chi connectivity index (χ2n) is 6.23. The molecule has 7 heteroatoms. The van der Waals surface area contributed by atoms with Gasteiger partial charge < -0.3 is 10.6 Å². The third-order valence-corrected chi connectivity index (χ3v) is 4.62. The molecular formula is C18H20N4O2S. The molecular weight excluding hydrogens is 336 g/mol. The first-order valence-electron chi connectivity index (χ1n) is 8.15. The van der Waals surface area contributed by atoms with Crippen molar-refractivity contribution < 1.29 is 9.59 Å². The first kappa shape index (κ1) is 17.4. The zero-order valence-corrected chi connectivity index (χ0v) is 15.0. The van der Waals surface area contributed by atoms with Crippen LogP contribution in [0.2, 0.25) is 0 Å². The monoisotopic (exact) mass is 356 g/mol. The number of anilines is 2. The Balaban J connectivity index is 1.48. The standard InChI is InChI=1S/C18H20N4O2S/c1-11-7-12(2)9-14(8-11)19-16(23)10-25-17-6-5-15(21-22-17)20-18(24)13-3-4-13/h5-9,13H,3-4,10H2,1-2H3,(H,19,23)(H,20,21,24). The van der Waals surface area contributed by atoms with Crippen LogP contribution in [0.3, 0.4) is 0 Å². The minimum atomic E-state index is -0.0945. The van der Waals surface area contributed by atoms with Gasteiger partial charge in [-0.2, -0.15) is 0 Å². The van der Waals surface area contributed by atoms with E-state index in [0.717, 1.165) is 29.7 Å². The van der Waals surface area contributed by atoms with Crippen LogP contribution in [0, 0.1) is 19.8 Å². The predicted molar refractivity (Wildman–Crippen MR) is 98.7 cm³/mol. The molecule has 3 rings (SSSR count). The molecule has 0 radical (unpaired) electrons. The number of amides is 2. The molecule has 1 aromatic carbocycles. The number of thioether (sulfide) groups is 1. The SMILES string of the molecule is Cc1cc(C)cc(NC(=O)CSc2ccc(NC(=O)C3CC3)nn2)c1. The van der Waals surface area contributed by atoms with Gasteiger partial charge in [0.1, 0.15) is 5.03 Å². The highest BCUT2D eigenvalue weighted by atomic mass is 32.2. The summed E-state index contributed by atoms with van der Waals surface area (Å²) in [5, 5.41) is 14.3. The molecule has 1 aliphatic rings. The fourth-order valence-electron chi connectivity index (χ4n) is 2.42. The molecule has 2 aromatic rings. The van der Waals surface area contributed by atoms with Gasteiger partial charge in [-0.15, -0.1) is 10.2 Å². The van der Waals surface area contributed by atoms with E-state index in [1.807, 2.05) is 26.0 Å². The Bertz CT molecular complexity index is 768. The molecule has 130 valence electrons. The number of nitrogens with zero attached hydrogens (tertiary/aromatic N) is 2. The molecule has 0 aliphatic heterocycles. The van der Waals surface area contributed by atoms with Crippen molar-refractivity contribution in [2.24, 2.45) is 5.92 Å². The van der Waals surface area contributed by atoms with E-state index in [4.69, 9.17) is 0 Å². The number of benzene rings is 1. The maximum absolute atomic E-state index is 12.1. The lowest BCUT2D eigenvalue weighted by Crippen LogP contribution is -2.15. The zero-order chi connectivity index (χ0) is 17.8. The second kappa shape index (κ2) is 7.65. The highest BCUT2D eigenvalue weighted by molar-refractivity contribution is 7.99. The average Bonchev–Trinajstić information content (AvgIpc) is 3.38. The van der Waals surface area contributed by atoms with Crippen molar-refractivity contribution in [2.45, 2.75) is 31.7 Å². The Hall–Kier alpha value is -2.41. The van der Waals surface area contributed by atoms with Gasteiger partial charge >= 0.3 is 0 Å². The topological polar surface area (TPSA) is 84.0 Å². The fraction of sp³-hybridized carbons (Fsp3) is 0.333.